The van der Waals surface area contributed by atoms with Gasteiger partial charge in [-0.1, -0.05) is 37.1 Å². The molecule has 1 unspecified atom stereocenters. The molecule has 0 N–H and O–H groups in total. The lowest BCUT2D eigenvalue weighted by atomic mass is 9.63. The third kappa shape index (κ3) is 3.49. The van der Waals surface area contributed by atoms with Gasteiger partial charge in [0, 0.05) is 23.3 Å². The van der Waals surface area contributed by atoms with E-state index in [1.54, 1.807) is 12.3 Å². The highest BCUT2D eigenvalue weighted by Gasteiger charge is 2.45. The Morgan fingerprint density at radius 3 is 2.80 bits per heavy atom. The first-order chi connectivity index (χ1) is 14.6. The summed E-state index contributed by atoms with van der Waals surface area (Å²) in [6.45, 7) is 2.00. The minimum absolute atomic E-state index is 0.113. The van der Waals surface area contributed by atoms with Crippen molar-refractivity contribution in [3.63, 3.8) is 0 Å². The van der Waals surface area contributed by atoms with Crippen molar-refractivity contribution in [2.45, 2.75) is 45.1 Å². The Morgan fingerprint density at radius 2 is 2.00 bits per heavy atom. The molecule has 0 amide bonds. The first kappa shape index (κ1) is 19.2. The summed E-state index contributed by atoms with van der Waals surface area (Å²) in [5.41, 5.74) is 4.70. The molecule has 1 saturated carbocycles. The van der Waals surface area contributed by atoms with E-state index in [-0.39, 0.29) is 23.8 Å². The Hall–Kier alpha value is -2.75. The second kappa shape index (κ2) is 7.82. The van der Waals surface area contributed by atoms with Crippen molar-refractivity contribution in [1.82, 2.24) is 4.98 Å². The molecular weight excluding hydrogens is 377 g/mol. The molecule has 2 heterocycles. The van der Waals surface area contributed by atoms with Gasteiger partial charge in [-0.2, -0.15) is 0 Å². The standard InChI is InChI=1S/C26H26FNO2/c1-16-25-23(22-8-3-2-5-18(22)14-24(25)26(29)30-16)12-11-21-10-9-19(15-28-21)17-6-4-7-20(27)13-17/h4,6-7,9-13,15-16,18,22-23H,2-3,5,8,14H2,1H3/b12-11+/t16-,18+,22-,23?/m1/s1. The van der Waals surface area contributed by atoms with Crippen molar-refractivity contribution in [3.05, 3.63) is 71.3 Å². The van der Waals surface area contributed by atoms with Gasteiger partial charge in [-0.3, -0.25) is 4.98 Å². The summed E-state index contributed by atoms with van der Waals surface area (Å²) >= 11 is 0. The number of benzene rings is 1. The zero-order valence-electron chi connectivity index (χ0n) is 17.2. The molecule has 1 aromatic heterocycles. The van der Waals surface area contributed by atoms with Crippen LogP contribution in [0.4, 0.5) is 4.39 Å². The molecule has 0 radical (unpaired) electrons. The highest BCUT2D eigenvalue weighted by atomic mass is 19.1. The smallest absolute Gasteiger partial charge is 0.334 e. The molecule has 1 aliphatic heterocycles. The second-order valence-corrected chi connectivity index (χ2v) is 8.76. The van der Waals surface area contributed by atoms with Gasteiger partial charge in [-0.15, -0.1) is 0 Å². The third-order valence-corrected chi connectivity index (χ3v) is 6.99. The summed E-state index contributed by atoms with van der Waals surface area (Å²) in [6.07, 6.45) is 11.8. The molecule has 2 aliphatic carbocycles. The number of pyridine rings is 1. The third-order valence-electron chi connectivity index (χ3n) is 6.99. The molecule has 1 aromatic carbocycles. The molecule has 4 heteroatoms. The van der Waals surface area contributed by atoms with Crippen LogP contribution in [0, 0.1) is 23.6 Å². The van der Waals surface area contributed by atoms with Crippen molar-refractivity contribution in [3.8, 4) is 11.1 Å². The number of hydrogen-bond acceptors (Lipinski definition) is 3. The van der Waals surface area contributed by atoms with Crippen molar-refractivity contribution in [2.24, 2.45) is 17.8 Å². The van der Waals surface area contributed by atoms with Crippen LogP contribution in [-0.4, -0.2) is 17.1 Å². The number of hydrogen-bond donors (Lipinski definition) is 0. The average Bonchev–Trinajstić information content (AvgIpc) is 3.05. The zero-order chi connectivity index (χ0) is 20.7. The topological polar surface area (TPSA) is 39.2 Å². The van der Waals surface area contributed by atoms with Crippen molar-refractivity contribution < 1.29 is 13.9 Å². The molecule has 5 rings (SSSR count). The molecule has 0 bridgehead atoms. The minimum atomic E-state index is -0.248. The molecular formula is C26H26FNO2. The Bertz CT molecular complexity index is 1020. The Labute approximate surface area is 176 Å². The second-order valence-electron chi connectivity index (χ2n) is 8.76. The first-order valence-corrected chi connectivity index (χ1v) is 10.9. The van der Waals surface area contributed by atoms with Gasteiger partial charge in [-0.05, 0) is 73.4 Å². The minimum Gasteiger partial charge on any atom is -0.455 e. The van der Waals surface area contributed by atoms with E-state index in [0.717, 1.165) is 28.8 Å². The highest BCUT2D eigenvalue weighted by molar-refractivity contribution is 5.93. The van der Waals surface area contributed by atoms with Crippen LogP contribution in [0.2, 0.25) is 0 Å². The number of rotatable bonds is 3. The number of allylic oxidation sites excluding steroid dienone is 1. The van der Waals surface area contributed by atoms with Gasteiger partial charge in [0.15, 0.2) is 0 Å². The monoisotopic (exact) mass is 403 g/mol. The lowest BCUT2D eigenvalue weighted by Crippen LogP contribution is -2.33. The van der Waals surface area contributed by atoms with E-state index in [0.29, 0.717) is 11.8 Å². The number of ether oxygens (including phenoxy) is 1. The fourth-order valence-electron chi connectivity index (χ4n) is 5.58. The number of carbonyl (C=O) groups is 1. The molecule has 3 nitrogen and oxygen atoms in total. The Morgan fingerprint density at radius 1 is 1.13 bits per heavy atom. The van der Waals surface area contributed by atoms with E-state index in [1.807, 2.05) is 25.1 Å². The molecule has 0 spiro atoms. The lowest BCUT2D eigenvalue weighted by molar-refractivity contribution is -0.139. The predicted molar refractivity (Wildman–Crippen MR) is 115 cm³/mol. The van der Waals surface area contributed by atoms with Crippen LogP contribution in [0.5, 0.6) is 0 Å². The fourth-order valence-corrected chi connectivity index (χ4v) is 5.58. The first-order valence-electron chi connectivity index (χ1n) is 10.9. The van der Waals surface area contributed by atoms with Crippen LogP contribution in [0.1, 0.15) is 44.7 Å². The number of halogens is 1. The average molecular weight is 403 g/mol. The molecule has 4 atom stereocenters. The summed E-state index contributed by atoms with van der Waals surface area (Å²) in [5.74, 6) is 1.04. The van der Waals surface area contributed by atoms with E-state index in [9.17, 15) is 9.18 Å². The van der Waals surface area contributed by atoms with E-state index in [2.05, 4.69) is 17.1 Å². The SMILES string of the molecule is C[C@H]1OC(=O)C2=C1C(/C=C/c1ccc(-c3cccc(F)c3)cn1)[C@@H]1CCCC[C@H]1C2. The lowest BCUT2D eigenvalue weighted by Gasteiger charge is -2.40. The van der Waals surface area contributed by atoms with Gasteiger partial charge in [0.05, 0.1) is 5.69 Å². The van der Waals surface area contributed by atoms with Gasteiger partial charge in [0.25, 0.3) is 0 Å². The normalized spacial score (nSPS) is 28.4. The van der Waals surface area contributed by atoms with Crippen LogP contribution in [0.25, 0.3) is 17.2 Å². The highest BCUT2D eigenvalue weighted by Crippen LogP contribution is 2.50. The van der Waals surface area contributed by atoms with Crippen LogP contribution >= 0.6 is 0 Å². The van der Waals surface area contributed by atoms with Gasteiger partial charge < -0.3 is 4.74 Å². The van der Waals surface area contributed by atoms with Gasteiger partial charge in [0.2, 0.25) is 0 Å². The maximum absolute atomic E-state index is 13.5. The van der Waals surface area contributed by atoms with Crippen molar-refractivity contribution in [2.75, 3.05) is 0 Å². The zero-order valence-corrected chi connectivity index (χ0v) is 17.2. The number of cyclic esters (lactones) is 1. The number of carbonyl (C=O) groups excluding carboxylic acids is 1. The summed E-state index contributed by atoms with van der Waals surface area (Å²) in [4.78, 5) is 16.9. The van der Waals surface area contributed by atoms with E-state index >= 15 is 0 Å². The number of aromatic nitrogens is 1. The van der Waals surface area contributed by atoms with E-state index in [1.165, 1.54) is 43.4 Å². The number of esters is 1. The van der Waals surface area contributed by atoms with Gasteiger partial charge in [-0.25, -0.2) is 9.18 Å². The predicted octanol–water partition coefficient (Wildman–Crippen LogP) is 5.97. The summed E-state index contributed by atoms with van der Waals surface area (Å²) in [7, 11) is 0. The van der Waals surface area contributed by atoms with Gasteiger partial charge in [0.1, 0.15) is 11.9 Å². The Balaban J connectivity index is 1.42. The maximum Gasteiger partial charge on any atom is 0.334 e. The summed E-state index contributed by atoms with van der Waals surface area (Å²) in [6, 6.07) is 10.5. The number of fused-ring (bicyclic) bond motifs is 1. The molecule has 154 valence electrons. The fraction of sp³-hybridized carbons (Fsp3) is 0.385. The Kier molecular flexibility index (Phi) is 5.01. The maximum atomic E-state index is 13.5. The van der Waals surface area contributed by atoms with Crippen molar-refractivity contribution >= 4 is 12.0 Å². The van der Waals surface area contributed by atoms with Gasteiger partial charge >= 0.3 is 5.97 Å². The molecule has 0 saturated heterocycles. The molecule has 2 aromatic rings. The van der Waals surface area contributed by atoms with Crippen LogP contribution in [0.3, 0.4) is 0 Å². The molecule has 1 fully saturated rings. The van der Waals surface area contributed by atoms with Crippen LogP contribution in [0.15, 0.2) is 59.8 Å². The largest absolute Gasteiger partial charge is 0.455 e. The summed E-state index contributed by atoms with van der Waals surface area (Å²) in [5, 5.41) is 0. The van der Waals surface area contributed by atoms with E-state index < -0.39 is 0 Å². The summed E-state index contributed by atoms with van der Waals surface area (Å²) < 4.78 is 19.1. The van der Waals surface area contributed by atoms with Crippen LogP contribution < -0.4 is 0 Å². The molecule has 3 aliphatic rings. The van der Waals surface area contributed by atoms with E-state index in [4.69, 9.17) is 4.74 Å². The quantitative estimate of drug-likeness (QED) is 0.593. The number of nitrogens with zero attached hydrogens (tertiary/aromatic N) is 1. The van der Waals surface area contributed by atoms with Crippen LogP contribution in [-0.2, 0) is 9.53 Å². The molecule has 30 heavy (non-hydrogen) atoms. The van der Waals surface area contributed by atoms with Crippen molar-refractivity contribution in [1.29, 1.82) is 0 Å².